The molecule has 0 saturated heterocycles. The standard InChI is InChI=1S/C9H6BrF3N4O4/c10-2-6(18)16-7-5(15-8(19)9(11,12)13)1-4(3-14-7)17(20)21/h1,3H,2H2,(H,15,19)(H,14,16,18). The summed E-state index contributed by atoms with van der Waals surface area (Å²) >= 11 is 2.80. The fourth-order valence-corrected chi connectivity index (χ4v) is 1.25. The average molecular weight is 371 g/mol. The number of alkyl halides is 4. The molecule has 1 aromatic heterocycles. The molecule has 1 aromatic rings. The third kappa shape index (κ3) is 4.66. The van der Waals surface area contributed by atoms with Gasteiger partial charge in [-0.05, 0) is 0 Å². The first-order valence-corrected chi connectivity index (χ1v) is 6.15. The summed E-state index contributed by atoms with van der Waals surface area (Å²) in [5.74, 6) is -3.46. The molecule has 0 aliphatic heterocycles. The molecule has 0 unspecified atom stereocenters. The van der Waals surface area contributed by atoms with Crippen LogP contribution in [-0.4, -0.2) is 33.2 Å². The van der Waals surface area contributed by atoms with E-state index in [1.54, 1.807) is 0 Å². The van der Waals surface area contributed by atoms with E-state index in [4.69, 9.17) is 0 Å². The minimum atomic E-state index is -5.19. The van der Waals surface area contributed by atoms with Crippen molar-refractivity contribution in [3.63, 3.8) is 0 Å². The van der Waals surface area contributed by atoms with E-state index in [0.717, 1.165) is 6.20 Å². The number of carbonyl (C=O) groups excluding carboxylic acids is 2. The zero-order chi connectivity index (χ0) is 16.2. The monoisotopic (exact) mass is 370 g/mol. The molecule has 0 aromatic carbocycles. The van der Waals surface area contributed by atoms with Crippen molar-refractivity contribution in [3.05, 3.63) is 22.4 Å². The molecule has 0 saturated carbocycles. The van der Waals surface area contributed by atoms with Gasteiger partial charge in [0.05, 0.1) is 15.9 Å². The molecule has 21 heavy (non-hydrogen) atoms. The van der Waals surface area contributed by atoms with Crippen molar-refractivity contribution >= 4 is 44.9 Å². The minimum Gasteiger partial charge on any atom is -0.315 e. The van der Waals surface area contributed by atoms with Crippen molar-refractivity contribution in [1.29, 1.82) is 0 Å². The molecular formula is C9H6BrF3N4O4. The van der Waals surface area contributed by atoms with Crippen LogP contribution in [-0.2, 0) is 9.59 Å². The molecule has 114 valence electrons. The van der Waals surface area contributed by atoms with Crippen LogP contribution in [0.5, 0.6) is 0 Å². The van der Waals surface area contributed by atoms with Crippen LogP contribution in [0.3, 0.4) is 0 Å². The SMILES string of the molecule is O=C(CBr)Nc1ncc([N+](=O)[O-])cc1NC(=O)C(F)(F)F. The van der Waals surface area contributed by atoms with Gasteiger partial charge in [-0.2, -0.15) is 13.2 Å². The quantitative estimate of drug-likeness (QED) is 0.476. The normalized spacial score (nSPS) is 10.9. The van der Waals surface area contributed by atoms with Gasteiger partial charge in [-0.25, -0.2) is 4.98 Å². The van der Waals surface area contributed by atoms with Crippen LogP contribution in [0.25, 0.3) is 0 Å². The summed E-state index contributed by atoms with van der Waals surface area (Å²) in [4.78, 5) is 35.1. The number of rotatable bonds is 4. The van der Waals surface area contributed by atoms with E-state index in [9.17, 15) is 32.9 Å². The van der Waals surface area contributed by atoms with Crippen molar-refractivity contribution in [1.82, 2.24) is 4.98 Å². The van der Waals surface area contributed by atoms with Gasteiger partial charge in [-0.1, -0.05) is 15.9 Å². The van der Waals surface area contributed by atoms with Crippen molar-refractivity contribution in [2.75, 3.05) is 16.0 Å². The largest absolute Gasteiger partial charge is 0.471 e. The molecule has 0 radical (unpaired) electrons. The molecule has 0 aliphatic rings. The summed E-state index contributed by atoms with van der Waals surface area (Å²) in [5.41, 5.74) is -1.29. The van der Waals surface area contributed by atoms with Gasteiger partial charge in [0.2, 0.25) is 5.91 Å². The van der Waals surface area contributed by atoms with E-state index in [1.807, 2.05) is 0 Å². The second-order valence-electron chi connectivity index (χ2n) is 3.48. The van der Waals surface area contributed by atoms with Crippen molar-refractivity contribution < 1.29 is 27.7 Å². The number of nitro groups is 1. The van der Waals surface area contributed by atoms with Crippen LogP contribution in [0.1, 0.15) is 0 Å². The second kappa shape index (κ2) is 6.47. The average Bonchev–Trinajstić information content (AvgIpc) is 2.39. The minimum absolute atomic E-state index is 0.182. The highest BCUT2D eigenvalue weighted by molar-refractivity contribution is 9.09. The third-order valence-electron chi connectivity index (χ3n) is 1.97. The van der Waals surface area contributed by atoms with Crippen LogP contribution in [0.15, 0.2) is 12.3 Å². The van der Waals surface area contributed by atoms with Gasteiger partial charge in [0.15, 0.2) is 5.82 Å². The van der Waals surface area contributed by atoms with Crippen LogP contribution in [0, 0.1) is 10.1 Å². The van der Waals surface area contributed by atoms with E-state index < -0.39 is 40.1 Å². The van der Waals surface area contributed by atoms with Gasteiger partial charge in [0, 0.05) is 6.07 Å². The topological polar surface area (TPSA) is 114 Å². The van der Waals surface area contributed by atoms with Gasteiger partial charge in [0.25, 0.3) is 5.69 Å². The number of halogens is 4. The number of carbonyl (C=O) groups is 2. The second-order valence-corrected chi connectivity index (χ2v) is 4.04. The lowest BCUT2D eigenvalue weighted by atomic mass is 10.3. The molecule has 8 nitrogen and oxygen atoms in total. The first kappa shape index (κ1) is 16.8. The summed E-state index contributed by atoms with van der Waals surface area (Å²) in [6, 6.07) is 0.653. The maximum atomic E-state index is 12.2. The van der Waals surface area contributed by atoms with Gasteiger partial charge in [-0.3, -0.25) is 19.7 Å². The molecule has 1 rings (SSSR count). The molecule has 12 heteroatoms. The van der Waals surface area contributed by atoms with Crippen molar-refractivity contribution in [2.24, 2.45) is 0 Å². The number of hydrogen-bond donors (Lipinski definition) is 2. The van der Waals surface area contributed by atoms with Crippen LogP contribution >= 0.6 is 15.9 Å². The number of hydrogen-bond acceptors (Lipinski definition) is 5. The Morgan fingerprint density at radius 1 is 1.38 bits per heavy atom. The fourth-order valence-electron chi connectivity index (χ4n) is 1.11. The van der Waals surface area contributed by atoms with Crippen LogP contribution in [0.2, 0.25) is 0 Å². The molecule has 0 fully saturated rings. The zero-order valence-electron chi connectivity index (χ0n) is 9.90. The van der Waals surface area contributed by atoms with Crippen molar-refractivity contribution in [2.45, 2.75) is 6.18 Å². The Morgan fingerprint density at radius 3 is 2.48 bits per heavy atom. The Balaban J connectivity index is 3.16. The molecule has 2 N–H and O–H groups in total. The highest BCUT2D eigenvalue weighted by Gasteiger charge is 2.39. The Labute approximate surface area is 123 Å². The highest BCUT2D eigenvalue weighted by Crippen LogP contribution is 2.26. The van der Waals surface area contributed by atoms with E-state index in [0.29, 0.717) is 6.07 Å². The Hall–Kier alpha value is -2.24. The van der Waals surface area contributed by atoms with E-state index in [-0.39, 0.29) is 5.33 Å². The molecule has 0 bridgehead atoms. The lowest BCUT2D eigenvalue weighted by Gasteiger charge is -2.11. The summed E-state index contributed by atoms with van der Waals surface area (Å²) in [7, 11) is 0. The number of amides is 2. The maximum Gasteiger partial charge on any atom is 0.471 e. The van der Waals surface area contributed by atoms with E-state index in [2.05, 4.69) is 26.2 Å². The number of pyridine rings is 1. The van der Waals surface area contributed by atoms with Crippen molar-refractivity contribution in [3.8, 4) is 0 Å². The third-order valence-corrected chi connectivity index (χ3v) is 2.48. The predicted molar refractivity (Wildman–Crippen MR) is 68.0 cm³/mol. The van der Waals surface area contributed by atoms with Crippen LogP contribution in [0.4, 0.5) is 30.4 Å². The smallest absolute Gasteiger partial charge is 0.315 e. The lowest BCUT2D eigenvalue weighted by Crippen LogP contribution is -2.30. The molecular weight excluding hydrogens is 365 g/mol. The predicted octanol–water partition coefficient (Wildman–Crippen LogP) is 1.82. The van der Waals surface area contributed by atoms with Gasteiger partial charge < -0.3 is 10.6 Å². The zero-order valence-corrected chi connectivity index (χ0v) is 11.5. The Kier molecular flexibility index (Phi) is 5.18. The van der Waals surface area contributed by atoms with E-state index in [1.165, 1.54) is 5.32 Å². The van der Waals surface area contributed by atoms with Gasteiger partial charge >= 0.3 is 12.1 Å². The summed E-state index contributed by atoms with van der Waals surface area (Å²) in [6.45, 7) is 0. The number of nitrogens with one attached hydrogen (secondary N) is 2. The highest BCUT2D eigenvalue weighted by atomic mass is 79.9. The molecule has 2 amide bonds. The molecule has 1 heterocycles. The van der Waals surface area contributed by atoms with Crippen LogP contribution < -0.4 is 10.6 Å². The van der Waals surface area contributed by atoms with Gasteiger partial charge in [-0.15, -0.1) is 0 Å². The summed E-state index contributed by atoms with van der Waals surface area (Å²) in [6.07, 6.45) is -4.46. The first-order chi connectivity index (χ1) is 9.65. The first-order valence-electron chi connectivity index (χ1n) is 5.03. The molecule has 0 atom stereocenters. The fraction of sp³-hybridized carbons (Fsp3) is 0.222. The Morgan fingerprint density at radius 2 is 2.00 bits per heavy atom. The summed E-state index contributed by atoms with van der Waals surface area (Å²) in [5, 5.41) is 13.9. The molecule has 0 spiro atoms. The number of anilines is 2. The number of nitrogens with zero attached hydrogens (tertiary/aromatic N) is 2. The maximum absolute atomic E-state index is 12.2. The summed E-state index contributed by atoms with van der Waals surface area (Å²) < 4.78 is 36.6. The van der Waals surface area contributed by atoms with Gasteiger partial charge in [0.1, 0.15) is 6.20 Å². The lowest BCUT2D eigenvalue weighted by molar-refractivity contribution is -0.385. The number of aromatic nitrogens is 1. The molecule has 0 aliphatic carbocycles. The Bertz CT molecular complexity index is 593. The van der Waals surface area contributed by atoms with E-state index >= 15 is 0 Å².